The number of fused-ring (bicyclic) bond motifs is 1. The van der Waals surface area contributed by atoms with Crippen LogP contribution in [0.5, 0.6) is 0 Å². The van der Waals surface area contributed by atoms with Gasteiger partial charge in [0.1, 0.15) is 6.04 Å². The van der Waals surface area contributed by atoms with Gasteiger partial charge in [0.15, 0.2) is 0 Å². The lowest BCUT2D eigenvalue weighted by molar-refractivity contribution is -0.122. The highest BCUT2D eigenvalue weighted by Gasteiger charge is 2.35. The van der Waals surface area contributed by atoms with Crippen LogP contribution in [0.4, 0.5) is 5.69 Å². The van der Waals surface area contributed by atoms with Gasteiger partial charge in [0.2, 0.25) is 5.91 Å². The summed E-state index contributed by atoms with van der Waals surface area (Å²) in [6.45, 7) is 2.00. The summed E-state index contributed by atoms with van der Waals surface area (Å²) in [5.41, 5.74) is 9.27. The van der Waals surface area contributed by atoms with Crippen molar-refractivity contribution < 1.29 is 9.59 Å². The third-order valence-electron chi connectivity index (χ3n) is 4.00. The Labute approximate surface area is 135 Å². The second kappa shape index (κ2) is 6.08. The number of nitrogens with two attached hydrogens (primary N) is 1. The molecule has 116 valence electrons. The number of hydrogen-bond donors (Lipinski definition) is 1. The number of primary amides is 1. The van der Waals surface area contributed by atoms with Crippen molar-refractivity contribution in [3.63, 3.8) is 0 Å². The molecule has 23 heavy (non-hydrogen) atoms. The molecule has 0 saturated carbocycles. The van der Waals surface area contributed by atoms with Gasteiger partial charge in [0.25, 0.3) is 5.91 Å². The van der Waals surface area contributed by atoms with Crippen LogP contribution in [-0.2, 0) is 16.0 Å². The van der Waals surface area contributed by atoms with Gasteiger partial charge >= 0.3 is 0 Å². The maximum atomic E-state index is 12.6. The van der Waals surface area contributed by atoms with Gasteiger partial charge in [-0.15, -0.1) is 0 Å². The predicted octanol–water partition coefficient (Wildman–Crippen LogP) is 2.45. The van der Waals surface area contributed by atoms with Crippen molar-refractivity contribution in [2.24, 2.45) is 5.73 Å². The van der Waals surface area contributed by atoms with Crippen LogP contribution in [0.25, 0.3) is 6.08 Å². The predicted molar refractivity (Wildman–Crippen MR) is 90.8 cm³/mol. The van der Waals surface area contributed by atoms with Gasteiger partial charge in [-0.1, -0.05) is 48.0 Å². The quantitative estimate of drug-likeness (QED) is 0.885. The molecule has 1 heterocycles. The van der Waals surface area contributed by atoms with Gasteiger partial charge in [0.05, 0.1) is 0 Å². The molecular formula is C19H18N2O2. The lowest BCUT2D eigenvalue weighted by Gasteiger charge is -2.21. The molecule has 0 aliphatic carbocycles. The summed E-state index contributed by atoms with van der Waals surface area (Å²) in [5, 5.41) is 0. The second-order valence-electron chi connectivity index (χ2n) is 5.71. The minimum absolute atomic E-state index is 0.236. The molecule has 2 N–H and O–H groups in total. The largest absolute Gasteiger partial charge is 0.368 e. The van der Waals surface area contributed by atoms with Crippen molar-refractivity contribution in [1.29, 1.82) is 0 Å². The first-order valence-corrected chi connectivity index (χ1v) is 7.51. The van der Waals surface area contributed by atoms with Crippen LogP contribution in [-0.4, -0.2) is 17.9 Å². The normalized spacial score (nSPS) is 16.6. The Morgan fingerprint density at radius 2 is 1.96 bits per heavy atom. The Hall–Kier alpha value is -2.88. The topological polar surface area (TPSA) is 63.4 Å². The summed E-state index contributed by atoms with van der Waals surface area (Å²) in [4.78, 5) is 25.8. The van der Waals surface area contributed by atoms with Crippen molar-refractivity contribution in [3.8, 4) is 0 Å². The van der Waals surface area contributed by atoms with E-state index in [1.165, 1.54) is 11.0 Å². The van der Waals surface area contributed by atoms with Crippen molar-refractivity contribution in [1.82, 2.24) is 0 Å². The molecular weight excluding hydrogens is 288 g/mol. The Balaban J connectivity index is 1.89. The number of rotatable bonds is 3. The molecule has 3 rings (SSSR count). The number of carbonyl (C=O) groups excluding carboxylic acids is 2. The third kappa shape index (κ3) is 3.01. The lowest BCUT2D eigenvalue weighted by Crippen LogP contribution is -2.45. The van der Waals surface area contributed by atoms with E-state index >= 15 is 0 Å². The van der Waals surface area contributed by atoms with Crippen LogP contribution < -0.4 is 10.6 Å². The Morgan fingerprint density at radius 3 is 2.70 bits per heavy atom. The van der Waals surface area contributed by atoms with Gasteiger partial charge in [-0.25, -0.2) is 0 Å². The SMILES string of the molecule is Cc1cccc(/C=C\C(=O)N2c3ccccc3C[C@H]2C(N)=O)c1. The fourth-order valence-electron chi connectivity index (χ4n) is 2.91. The van der Waals surface area contributed by atoms with Crippen molar-refractivity contribution in [2.45, 2.75) is 19.4 Å². The number of anilines is 1. The molecule has 0 saturated heterocycles. The Kier molecular flexibility index (Phi) is 3.98. The fraction of sp³-hybridized carbons (Fsp3) is 0.158. The number of aryl methyl sites for hydroxylation is 1. The molecule has 4 heteroatoms. The number of para-hydroxylation sites is 1. The molecule has 0 aromatic heterocycles. The summed E-state index contributed by atoms with van der Waals surface area (Å²) < 4.78 is 0. The Bertz CT molecular complexity index is 795. The van der Waals surface area contributed by atoms with E-state index in [2.05, 4.69) is 0 Å². The van der Waals surface area contributed by atoms with Crippen molar-refractivity contribution in [3.05, 3.63) is 71.3 Å². The first kappa shape index (κ1) is 15.0. The highest BCUT2D eigenvalue weighted by atomic mass is 16.2. The minimum atomic E-state index is -0.623. The monoisotopic (exact) mass is 306 g/mol. The average molecular weight is 306 g/mol. The van der Waals surface area contributed by atoms with Crippen LogP contribution in [0.1, 0.15) is 16.7 Å². The number of amides is 2. The summed E-state index contributed by atoms with van der Waals surface area (Å²) in [7, 11) is 0. The number of nitrogens with zero attached hydrogens (tertiary/aromatic N) is 1. The standard InChI is InChI=1S/C19H18N2O2/c1-13-5-4-6-14(11-13)9-10-18(22)21-16-8-3-2-7-15(16)12-17(21)19(20)23/h2-11,17H,12H2,1H3,(H2,20,23)/b10-9-/t17-/m0/s1. The molecule has 1 atom stereocenters. The van der Waals surface area contributed by atoms with Crippen LogP contribution in [0.2, 0.25) is 0 Å². The van der Waals surface area contributed by atoms with E-state index in [0.29, 0.717) is 6.42 Å². The lowest BCUT2D eigenvalue weighted by atomic mass is 10.1. The van der Waals surface area contributed by atoms with E-state index in [9.17, 15) is 9.59 Å². The molecule has 2 amide bonds. The summed E-state index contributed by atoms with van der Waals surface area (Å²) in [5.74, 6) is -0.723. The van der Waals surface area contributed by atoms with Crippen LogP contribution >= 0.6 is 0 Å². The first-order valence-electron chi connectivity index (χ1n) is 7.51. The first-order chi connectivity index (χ1) is 11.1. The van der Waals surface area contributed by atoms with Crippen LogP contribution in [0.15, 0.2) is 54.6 Å². The van der Waals surface area contributed by atoms with Gasteiger partial charge < -0.3 is 5.73 Å². The number of carbonyl (C=O) groups is 2. The zero-order chi connectivity index (χ0) is 16.4. The molecule has 4 nitrogen and oxygen atoms in total. The van der Waals surface area contributed by atoms with Gasteiger partial charge in [0, 0.05) is 18.2 Å². The highest BCUT2D eigenvalue weighted by molar-refractivity contribution is 6.09. The van der Waals surface area contributed by atoms with E-state index in [4.69, 9.17) is 5.73 Å². The molecule has 0 bridgehead atoms. The molecule has 2 aromatic carbocycles. The van der Waals surface area contributed by atoms with Crippen molar-refractivity contribution >= 4 is 23.6 Å². The minimum Gasteiger partial charge on any atom is -0.368 e. The highest BCUT2D eigenvalue weighted by Crippen LogP contribution is 2.32. The van der Waals surface area contributed by atoms with E-state index in [-0.39, 0.29) is 5.91 Å². The van der Waals surface area contributed by atoms with Crippen molar-refractivity contribution in [2.75, 3.05) is 4.90 Å². The van der Waals surface area contributed by atoms with Gasteiger partial charge in [-0.05, 0) is 30.2 Å². The zero-order valence-corrected chi connectivity index (χ0v) is 12.9. The average Bonchev–Trinajstić information content (AvgIpc) is 2.92. The molecule has 1 aliphatic rings. The maximum absolute atomic E-state index is 12.6. The molecule has 0 spiro atoms. The van der Waals surface area contributed by atoms with E-state index in [0.717, 1.165) is 22.4 Å². The van der Waals surface area contributed by atoms with Gasteiger partial charge in [-0.2, -0.15) is 0 Å². The molecule has 0 radical (unpaired) electrons. The zero-order valence-electron chi connectivity index (χ0n) is 12.9. The summed E-state index contributed by atoms with van der Waals surface area (Å²) >= 11 is 0. The molecule has 0 fully saturated rings. The number of benzene rings is 2. The third-order valence-corrected chi connectivity index (χ3v) is 4.00. The molecule has 1 aliphatic heterocycles. The second-order valence-corrected chi connectivity index (χ2v) is 5.71. The van der Waals surface area contributed by atoms with Crippen LogP contribution in [0, 0.1) is 6.92 Å². The fourth-order valence-corrected chi connectivity index (χ4v) is 2.91. The van der Waals surface area contributed by atoms with Crippen LogP contribution in [0.3, 0.4) is 0 Å². The van der Waals surface area contributed by atoms with E-state index in [1.54, 1.807) is 6.08 Å². The number of hydrogen-bond acceptors (Lipinski definition) is 2. The maximum Gasteiger partial charge on any atom is 0.251 e. The molecule has 0 unspecified atom stereocenters. The van der Waals surface area contributed by atoms with E-state index in [1.807, 2.05) is 55.5 Å². The summed E-state index contributed by atoms with van der Waals surface area (Å²) in [6, 6.07) is 14.8. The van der Waals surface area contributed by atoms with Gasteiger partial charge in [-0.3, -0.25) is 14.5 Å². The smallest absolute Gasteiger partial charge is 0.251 e. The summed E-state index contributed by atoms with van der Waals surface area (Å²) in [6.07, 6.45) is 3.72. The molecule has 2 aromatic rings. The van der Waals surface area contributed by atoms with E-state index < -0.39 is 11.9 Å². The Morgan fingerprint density at radius 1 is 1.17 bits per heavy atom.